The molecule has 1 aromatic rings. The zero-order valence-corrected chi connectivity index (χ0v) is 14.3. The number of anilines is 1. The summed E-state index contributed by atoms with van der Waals surface area (Å²) >= 11 is 0. The summed E-state index contributed by atoms with van der Waals surface area (Å²) in [6, 6.07) is 9.70. The van der Waals surface area contributed by atoms with Gasteiger partial charge in [0.25, 0.3) is 0 Å². The van der Waals surface area contributed by atoms with Crippen LogP contribution >= 0.6 is 0 Å². The summed E-state index contributed by atoms with van der Waals surface area (Å²) in [4.78, 5) is 4.83. The van der Waals surface area contributed by atoms with E-state index in [9.17, 15) is 10.2 Å². The SMILES string of the molecule is CC[C@@H]1[C@@H]2C[C@H]3[C@H]4N(C)c5ccccc5[C@@]45C[C@@H]([C@H]2[C@@H]5O)N3[C@H]1O. The van der Waals surface area contributed by atoms with Crippen LogP contribution in [0.15, 0.2) is 24.3 Å². The molecule has 2 N–H and O–H groups in total. The van der Waals surface area contributed by atoms with Gasteiger partial charge < -0.3 is 15.1 Å². The molecule has 1 spiro atoms. The predicted octanol–water partition coefficient (Wildman–Crippen LogP) is 1.55. The van der Waals surface area contributed by atoms with E-state index < -0.39 is 0 Å². The molecule has 1 aliphatic carbocycles. The van der Waals surface area contributed by atoms with Crippen molar-refractivity contribution in [3.8, 4) is 0 Å². The quantitative estimate of drug-likeness (QED) is 0.822. The van der Waals surface area contributed by atoms with Crippen LogP contribution in [0.2, 0.25) is 0 Å². The summed E-state index contributed by atoms with van der Waals surface area (Å²) in [5.41, 5.74) is 2.51. The fourth-order valence-electron chi connectivity index (χ4n) is 7.88. The van der Waals surface area contributed by atoms with E-state index in [4.69, 9.17) is 0 Å². The summed E-state index contributed by atoms with van der Waals surface area (Å²) in [6.07, 6.45) is 2.56. The first kappa shape index (κ1) is 14.1. The number of benzene rings is 1. The minimum Gasteiger partial charge on any atom is -0.392 e. The van der Waals surface area contributed by atoms with Gasteiger partial charge in [-0.3, -0.25) is 4.90 Å². The number of piperidine rings is 4. The molecule has 4 saturated heterocycles. The zero-order valence-electron chi connectivity index (χ0n) is 14.3. The Kier molecular flexibility index (Phi) is 2.45. The number of aliphatic hydroxyl groups excluding tert-OH is 2. The molecule has 1 unspecified atom stereocenters. The van der Waals surface area contributed by atoms with Gasteiger partial charge in [0.2, 0.25) is 0 Å². The van der Waals surface area contributed by atoms with Crippen LogP contribution in [0.3, 0.4) is 0 Å². The standard InChI is InChI=1S/C20H26N2O2/c1-3-10-11-8-14-17-20(12-6-4-5-7-13(12)21(17)2)9-15(16(11)18(20)23)22(14)19(10)24/h4-7,10-11,14-19,23-24H,3,8-9H2,1-2H3/t10-,11+,14+,15+,16+,17-,18+,19+,20+/m1/s1. The largest absolute Gasteiger partial charge is 0.392 e. The molecule has 5 bridgehead atoms. The van der Waals surface area contributed by atoms with Gasteiger partial charge in [-0.15, -0.1) is 0 Å². The number of likely N-dealkylation sites (N-methyl/N-ethyl adjacent to an activating group) is 1. The summed E-state index contributed by atoms with van der Waals surface area (Å²) in [5, 5.41) is 22.6. The molecule has 6 aliphatic rings. The second-order valence-corrected chi connectivity index (χ2v) is 8.81. The van der Waals surface area contributed by atoms with Crippen molar-refractivity contribution in [2.24, 2.45) is 17.8 Å². The van der Waals surface area contributed by atoms with E-state index in [0.29, 0.717) is 35.9 Å². The number of hydrogen-bond acceptors (Lipinski definition) is 4. The minimum absolute atomic E-state index is 0.126. The van der Waals surface area contributed by atoms with Crippen molar-refractivity contribution in [3.63, 3.8) is 0 Å². The van der Waals surface area contributed by atoms with Crippen LogP contribution in [0.4, 0.5) is 5.69 Å². The first-order valence-corrected chi connectivity index (χ1v) is 9.57. The molecular weight excluding hydrogens is 300 g/mol. The first-order valence-electron chi connectivity index (χ1n) is 9.57. The second-order valence-electron chi connectivity index (χ2n) is 8.81. The summed E-state index contributed by atoms with van der Waals surface area (Å²) in [6.45, 7) is 2.19. The normalized spacial score (nSPS) is 55.8. The molecule has 128 valence electrons. The van der Waals surface area contributed by atoms with Gasteiger partial charge in [-0.05, 0) is 36.8 Å². The maximum Gasteiger partial charge on any atom is 0.111 e. The highest BCUT2D eigenvalue weighted by atomic mass is 16.3. The Morgan fingerprint density at radius 1 is 1.21 bits per heavy atom. The first-order chi connectivity index (χ1) is 11.6. The molecule has 7 rings (SSSR count). The van der Waals surface area contributed by atoms with Gasteiger partial charge in [-0.25, -0.2) is 0 Å². The molecule has 0 aromatic heterocycles. The third kappa shape index (κ3) is 1.20. The summed E-state index contributed by atoms with van der Waals surface area (Å²) < 4.78 is 0. The Bertz CT molecular complexity index is 723. The summed E-state index contributed by atoms with van der Waals surface area (Å²) in [5.74, 6) is 1.14. The number of hydrogen-bond donors (Lipinski definition) is 2. The van der Waals surface area contributed by atoms with Crippen molar-refractivity contribution in [2.75, 3.05) is 11.9 Å². The van der Waals surface area contributed by atoms with Crippen LogP contribution in [-0.4, -0.2) is 52.6 Å². The fraction of sp³-hybridized carbons (Fsp3) is 0.700. The van der Waals surface area contributed by atoms with Gasteiger partial charge in [-0.1, -0.05) is 25.1 Å². The lowest BCUT2D eigenvalue weighted by Gasteiger charge is -2.62. The van der Waals surface area contributed by atoms with Crippen molar-refractivity contribution in [3.05, 3.63) is 29.8 Å². The van der Waals surface area contributed by atoms with Gasteiger partial charge in [0.15, 0.2) is 0 Å². The van der Waals surface area contributed by atoms with Crippen LogP contribution in [0.1, 0.15) is 31.7 Å². The van der Waals surface area contributed by atoms with Gasteiger partial charge in [0.05, 0.1) is 12.1 Å². The highest BCUT2D eigenvalue weighted by molar-refractivity contribution is 5.67. The summed E-state index contributed by atoms with van der Waals surface area (Å²) in [7, 11) is 2.19. The number of nitrogens with zero attached hydrogens (tertiary/aromatic N) is 2. The number of aliphatic hydroxyl groups is 2. The van der Waals surface area contributed by atoms with E-state index in [0.717, 1.165) is 19.3 Å². The molecule has 5 aliphatic heterocycles. The van der Waals surface area contributed by atoms with E-state index in [2.05, 4.69) is 48.0 Å². The topological polar surface area (TPSA) is 46.9 Å². The fourth-order valence-corrected chi connectivity index (χ4v) is 7.88. The van der Waals surface area contributed by atoms with E-state index in [-0.39, 0.29) is 17.7 Å². The van der Waals surface area contributed by atoms with Crippen molar-refractivity contribution in [2.45, 2.75) is 62.1 Å². The average molecular weight is 326 g/mol. The van der Waals surface area contributed by atoms with Crippen molar-refractivity contribution in [1.82, 2.24) is 4.90 Å². The van der Waals surface area contributed by atoms with E-state index in [1.807, 2.05) is 0 Å². The molecule has 1 saturated carbocycles. The molecule has 5 fully saturated rings. The minimum atomic E-state index is -0.319. The molecule has 1 aromatic carbocycles. The Labute approximate surface area is 143 Å². The van der Waals surface area contributed by atoms with Gasteiger partial charge in [0, 0.05) is 42.1 Å². The lowest BCUT2D eigenvalue weighted by Crippen LogP contribution is -2.72. The third-order valence-corrected chi connectivity index (χ3v) is 8.46. The van der Waals surface area contributed by atoms with Crippen LogP contribution in [0, 0.1) is 17.8 Å². The molecule has 0 radical (unpaired) electrons. The monoisotopic (exact) mass is 326 g/mol. The number of fused-ring (bicyclic) bond motifs is 2. The van der Waals surface area contributed by atoms with Gasteiger partial charge in [0.1, 0.15) is 6.23 Å². The highest BCUT2D eigenvalue weighted by Gasteiger charge is 2.76. The maximum atomic E-state index is 11.6. The molecule has 24 heavy (non-hydrogen) atoms. The lowest BCUT2D eigenvalue weighted by atomic mass is 9.62. The van der Waals surface area contributed by atoms with Gasteiger partial charge in [-0.2, -0.15) is 0 Å². The Morgan fingerprint density at radius 2 is 2.00 bits per heavy atom. The van der Waals surface area contributed by atoms with Gasteiger partial charge >= 0.3 is 0 Å². The Hall–Kier alpha value is -1.10. The van der Waals surface area contributed by atoms with E-state index >= 15 is 0 Å². The average Bonchev–Trinajstić information content (AvgIpc) is 2.97. The zero-order chi connectivity index (χ0) is 16.4. The molecule has 10 atom stereocenters. The Balaban J connectivity index is 1.60. The molecule has 4 heteroatoms. The Morgan fingerprint density at radius 3 is 2.79 bits per heavy atom. The third-order valence-electron chi connectivity index (χ3n) is 8.46. The molecule has 5 heterocycles. The predicted molar refractivity (Wildman–Crippen MR) is 91.7 cm³/mol. The smallest absolute Gasteiger partial charge is 0.111 e. The number of rotatable bonds is 1. The van der Waals surface area contributed by atoms with Crippen LogP contribution < -0.4 is 4.90 Å². The van der Waals surface area contributed by atoms with Crippen LogP contribution in [-0.2, 0) is 5.41 Å². The number of para-hydroxylation sites is 1. The second kappa shape index (κ2) is 4.17. The highest BCUT2D eigenvalue weighted by Crippen LogP contribution is 2.68. The van der Waals surface area contributed by atoms with Crippen LogP contribution in [0.5, 0.6) is 0 Å². The van der Waals surface area contributed by atoms with Crippen molar-refractivity contribution >= 4 is 5.69 Å². The van der Waals surface area contributed by atoms with Crippen molar-refractivity contribution < 1.29 is 10.2 Å². The lowest BCUT2D eigenvalue weighted by molar-refractivity contribution is -0.211. The van der Waals surface area contributed by atoms with Crippen LogP contribution in [0.25, 0.3) is 0 Å². The maximum absolute atomic E-state index is 11.6. The van der Waals surface area contributed by atoms with Crippen molar-refractivity contribution in [1.29, 1.82) is 0 Å². The van der Waals surface area contributed by atoms with E-state index in [1.165, 1.54) is 11.3 Å². The van der Waals surface area contributed by atoms with E-state index in [1.54, 1.807) is 0 Å². The molecular formula is C20H26N2O2. The molecule has 0 amide bonds. The molecule has 4 nitrogen and oxygen atoms in total.